The predicted octanol–water partition coefficient (Wildman–Crippen LogP) is 2.54. The van der Waals surface area contributed by atoms with Gasteiger partial charge in [0.1, 0.15) is 11.8 Å². The van der Waals surface area contributed by atoms with Crippen molar-refractivity contribution in [2.24, 2.45) is 0 Å². The third kappa shape index (κ3) is 4.60. The van der Waals surface area contributed by atoms with Gasteiger partial charge in [0.25, 0.3) is 11.8 Å². The van der Waals surface area contributed by atoms with Gasteiger partial charge in [0.15, 0.2) is 0 Å². The van der Waals surface area contributed by atoms with Gasteiger partial charge < -0.3 is 20.5 Å². The molecular weight excluding hydrogens is 336 g/mol. The molecule has 2 aromatic rings. The van der Waals surface area contributed by atoms with E-state index in [1.165, 1.54) is 13.2 Å². The van der Waals surface area contributed by atoms with Crippen LogP contribution < -0.4 is 15.4 Å². The lowest BCUT2D eigenvalue weighted by Gasteiger charge is -2.15. The number of methoxy groups -OCH3 is 1. The standard InChI is InChI=1S/C19H20N2O5/c1-3-15(19(24)25)20-18(23)14-6-4-5-7-16(14)21-17(22)12-8-10-13(26-2)11-9-12/h4-11,15H,3H2,1-2H3,(H,20,23)(H,21,22)(H,24,25)/t15-/m1/s1. The molecule has 1 atom stereocenters. The average molecular weight is 356 g/mol. The summed E-state index contributed by atoms with van der Waals surface area (Å²) in [6, 6.07) is 12.0. The molecule has 7 nitrogen and oxygen atoms in total. The Morgan fingerprint density at radius 2 is 1.69 bits per heavy atom. The molecule has 3 N–H and O–H groups in total. The van der Waals surface area contributed by atoms with Crippen molar-refractivity contribution in [2.45, 2.75) is 19.4 Å². The molecule has 0 aliphatic heterocycles. The molecule has 0 saturated carbocycles. The number of ether oxygens (including phenoxy) is 1. The van der Waals surface area contributed by atoms with Gasteiger partial charge in [0, 0.05) is 5.56 Å². The molecule has 0 radical (unpaired) electrons. The van der Waals surface area contributed by atoms with E-state index in [1.54, 1.807) is 49.4 Å². The van der Waals surface area contributed by atoms with Crippen molar-refractivity contribution in [2.75, 3.05) is 12.4 Å². The highest BCUT2D eigenvalue weighted by molar-refractivity contribution is 6.09. The first-order valence-corrected chi connectivity index (χ1v) is 8.04. The van der Waals surface area contributed by atoms with Crippen LogP contribution in [0.3, 0.4) is 0 Å². The Kier molecular flexibility index (Phi) is 6.32. The van der Waals surface area contributed by atoms with Crippen molar-refractivity contribution < 1.29 is 24.2 Å². The topological polar surface area (TPSA) is 105 Å². The lowest BCUT2D eigenvalue weighted by Crippen LogP contribution is -2.40. The predicted molar refractivity (Wildman–Crippen MR) is 96.6 cm³/mol. The molecule has 0 aliphatic rings. The zero-order valence-electron chi connectivity index (χ0n) is 14.5. The minimum atomic E-state index is -1.11. The Labute approximate surface area is 151 Å². The number of hydrogen-bond donors (Lipinski definition) is 3. The SMILES string of the molecule is CC[C@@H](NC(=O)c1ccccc1NC(=O)c1ccc(OC)cc1)C(=O)O. The number of carboxylic acids is 1. The zero-order chi connectivity index (χ0) is 19.1. The summed E-state index contributed by atoms with van der Waals surface area (Å²) in [5, 5.41) is 14.2. The fourth-order valence-electron chi connectivity index (χ4n) is 2.30. The van der Waals surface area contributed by atoms with Crippen molar-refractivity contribution >= 4 is 23.5 Å². The van der Waals surface area contributed by atoms with Crippen LogP contribution in [-0.2, 0) is 4.79 Å². The van der Waals surface area contributed by atoms with E-state index in [0.29, 0.717) is 17.0 Å². The Hall–Kier alpha value is -3.35. The van der Waals surface area contributed by atoms with Crippen LogP contribution in [0.15, 0.2) is 48.5 Å². The third-order valence-corrected chi connectivity index (χ3v) is 3.78. The van der Waals surface area contributed by atoms with E-state index in [9.17, 15) is 14.4 Å². The molecule has 0 heterocycles. The summed E-state index contributed by atoms with van der Waals surface area (Å²) in [5.74, 6) is -1.44. The molecule has 0 aromatic heterocycles. The molecule has 0 aliphatic carbocycles. The van der Waals surface area contributed by atoms with Crippen LogP contribution in [-0.4, -0.2) is 36.0 Å². The number of para-hydroxylation sites is 1. The van der Waals surface area contributed by atoms with Crippen molar-refractivity contribution in [3.05, 3.63) is 59.7 Å². The number of carbonyl (C=O) groups excluding carboxylic acids is 2. The van der Waals surface area contributed by atoms with Gasteiger partial charge in [-0.15, -0.1) is 0 Å². The Morgan fingerprint density at radius 1 is 1.04 bits per heavy atom. The maximum atomic E-state index is 12.4. The van der Waals surface area contributed by atoms with Gasteiger partial charge in [0.05, 0.1) is 18.4 Å². The maximum Gasteiger partial charge on any atom is 0.326 e. The van der Waals surface area contributed by atoms with E-state index in [-0.39, 0.29) is 12.0 Å². The summed E-state index contributed by atoms with van der Waals surface area (Å²) in [4.78, 5) is 35.9. The molecule has 0 spiro atoms. The summed E-state index contributed by atoms with van der Waals surface area (Å²) in [6.07, 6.45) is 0.251. The molecule has 2 aromatic carbocycles. The molecule has 0 fully saturated rings. The Balaban J connectivity index is 2.18. The lowest BCUT2D eigenvalue weighted by atomic mass is 10.1. The molecule has 0 saturated heterocycles. The summed E-state index contributed by atoms with van der Waals surface area (Å²) >= 11 is 0. The van der Waals surface area contributed by atoms with Crippen LogP contribution in [0.4, 0.5) is 5.69 Å². The molecule has 136 valence electrons. The number of anilines is 1. The minimum Gasteiger partial charge on any atom is -0.497 e. The van der Waals surface area contributed by atoms with Crippen LogP contribution >= 0.6 is 0 Å². The first-order valence-electron chi connectivity index (χ1n) is 8.04. The van der Waals surface area contributed by atoms with Crippen molar-refractivity contribution in [1.29, 1.82) is 0 Å². The van der Waals surface area contributed by atoms with E-state index in [4.69, 9.17) is 9.84 Å². The molecule has 26 heavy (non-hydrogen) atoms. The first-order chi connectivity index (χ1) is 12.5. The van der Waals surface area contributed by atoms with Crippen molar-refractivity contribution in [1.82, 2.24) is 5.32 Å². The summed E-state index contributed by atoms with van der Waals surface area (Å²) in [5.41, 5.74) is 0.887. The fourth-order valence-corrected chi connectivity index (χ4v) is 2.30. The molecule has 2 rings (SSSR count). The van der Waals surface area contributed by atoms with E-state index in [2.05, 4.69) is 10.6 Å². The molecule has 7 heteroatoms. The number of carboxylic acid groups (broad SMARTS) is 1. The minimum absolute atomic E-state index is 0.189. The highest BCUT2D eigenvalue weighted by Crippen LogP contribution is 2.18. The van der Waals surface area contributed by atoms with Crippen LogP contribution in [0.1, 0.15) is 34.1 Å². The Bertz CT molecular complexity index is 802. The van der Waals surface area contributed by atoms with Gasteiger partial charge in [-0.2, -0.15) is 0 Å². The van der Waals surface area contributed by atoms with Gasteiger partial charge in [-0.25, -0.2) is 4.79 Å². The molecular formula is C19H20N2O5. The van der Waals surface area contributed by atoms with Gasteiger partial charge in [-0.3, -0.25) is 9.59 Å². The number of nitrogens with one attached hydrogen (secondary N) is 2. The number of carbonyl (C=O) groups is 3. The van der Waals surface area contributed by atoms with Gasteiger partial charge in [-0.05, 0) is 42.8 Å². The molecule has 2 amide bonds. The average Bonchev–Trinajstić information content (AvgIpc) is 2.66. The number of amides is 2. The maximum absolute atomic E-state index is 12.4. The summed E-state index contributed by atoms with van der Waals surface area (Å²) in [7, 11) is 1.53. The first kappa shape index (κ1) is 19.0. The second-order valence-electron chi connectivity index (χ2n) is 5.50. The number of hydrogen-bond acceptors (Lipinski definition) is 4. The smallest absolute Gasteiger partial charge is 0.326 e. The van der Waals surface area contributed by atoms with E-state index in [0.717, 1.165) is 0 Å². The highest BCUT2D eigenvalue weighted by Gasteiger charge is 2.20. The van der Waals surface area contributed by atoms with Gasteiger partial charge in [0.2, 0.25) is 0 Å². The Morgan fingerprint density at radius 3 is 2.27 bits per heavy atom. The van der Waals surface area contributed by atoms with Crippen LogP contribution in [0.25, 0.3) is 0 Å². The number of aliphatic carboxylic acids is 1. The zero-order valence-corrected chi connectivity index (χ0v) is 14.5. The van der Waals surface area contributed by atoms with E-state index >= 15 is 0 Å². The largest absolute Gasteiger partial charge is 0.497 e. The van der Waals surface area contributed by atoms with Gasteiger partial charge >= 0.3 is 5.97 Å². The quantitative estimate of drug-likeness (QED) is 0.707. The monoisotopic (exact) mass is 356 g/mol. The number of rotatable bonds is 7. The lowest BCUT2D eigenvalue weighted by molar-refractivity contribution is -0.139. The van der Waals surface area contributed by atoms with Crippen LogP contribution in [0.5, 0.6) is 5.75 Å². The molecule has 0 unspecified atom stereocenters. The van der Waals surface area contributed by atoms with Crippen molar-refractivity contribution in [3.8, 4) is 5.75 Å². The summed E-state index contributed by atoms with van der Waals surface area (Å²) < 4.78 is 5.05. The normalized spacial score (nSPS) is 11.3. The van der Waals surface area contributed by atoms with Crippen LogP contribution in [0.2, 0.25) is 0 Å². The van der Waals surface area contributed by atoms with E-state index in [1.807, 2.05) is 0 Å². The number of benzene rings is 2. The van der Waals surface area contributed by atoms with Gasteiger partial charge in [-0.1, -0.05) is 19.1 Å². The van der Waals surface area contributed by atoms with Crippen LogP contribution in [0, 0.1) is 0 Å². The molecule has 0 bridgehead atoms. The van der Waals surface area contributed by atoms with E-state index < -0.39 is 23.8 Å². The second kappa shape index (κ2) is 8.66. The fraction of sp³-hybridized carbons (Fsp3) is 0.211. The second-order valence-corrected chi connectivity index (χ2v) is 5.50. The highest BCUT2D eigenvalue weighted by atomic mass is 16.5. The van der Waals surface area contributed by atoms with Crippen molar-refractivity contribution in [3.63, 3.8) is 0 Å². The summed E-state index contributed by atoms with van der Waals surface area (Å²) in [6.45, 7) is 1.66. The third-order valence-electron chi connectivity index (χ3n) is 3.78.